The van der Waals surface area contributed by atoms with Gasteiger partial charge in [-0.2, -0.15) is 0 Å². The summed E-state index contributed by atoms with van der Waals surface area (Å²) in [5.41, 5.74) is 1.60. The van der Waals surface area contributed by atoms with Gasteiger partial charge in [0, 0.05) is 6.42 Å². The Morgan fingerprint density at radius 2 is 2.14 bits per heavy atom. The minimum absolute atomic E-state index is 0.100. The second-order valence-electron chi connectivity index (χ2n) is 4.53. The highest BCUT2D eigenvalue weighted by Crippen LogP contribution is 2.16. The molecule has 8 heteroatoms. The number of amides is 1. The maximum Gasteiger partial charge on any atom is 0.248 e. The Morgan fingerprint density at radius 1 is 1.29 bits per heavy atom. The topological polar surface area (TPSA) is 85.6 Å². The highest BCUT2D eigenvalue weighted by molar-refractivity contribution is 7.15. The molecule has 3 aromatic rings. The van der Waals surface area contributed by atoms with E-state index in [0.29, 0.717) is 5.13 Å². The molecule has 0 bridgehead atoms. The number of nitrogens with zero attached hydrogens (tertiary/aromatic N) is 5. The fraction of sp³-hybridized carbons (Fsp3) is 0.308. The molecule has 1 N–H and O–H groups in total. The molecule has 0 spiro atoms. The Labute approximate surface area is 125 Å². The van der Waals surface area contributed by atoms with Crippen LogP contribution >= 0.6 is 11.3 Å². The predicted octanol–water partition coefficient (Wildman–Crippen LogP) is 1.87. The van der Waals surface area contributed by atoms with E-state index in [-0.39, 0.29) is 12.5 Å². The minimum Gasteiger partial charge on any atom is -0.299 e. The molecule has 0 saturated carbocycles. The van der Waals surface area contributed by atoms with E-state index in [1.807, 2.05) is 24.3 Å². The molecule has 0 atom stereocenters. The van der Waals surface area contributed by atoms with Gasteiger partial charge in [0.1, 0.15) is 17.1 Å². The summed E-state index contributed by atoms with van der Waals surface area (Å²) in [6.45, 7) is 2.18. The van der Waals surface area contributed by atoms with E-state index in [1.165, 1.54) is 11.3 Å². The largest absolute Gasteiger partial charge is 0.299 e. The number of carbonyl (C=O) groups is 1. The lowest BCUT2D eigenvalue weighted by atomic mass is 10.3. The SMILES string of the molecule is CCCc1nnc(NC(=O)Cn2nnc3ccccc32)s1. The van der Waals surface area contributed by atoms with Gasteiger partial charge in [-0.3, -0.25) is 10.1 Å². The minimum atomic E-state index is -0.190. The number of nitrogens with one attached hydrogen (secondary N) is 1. The summed E-state index contributed by atoms with van der Waals surface area (Å²) in [4.78, 5) is 12.0. The number of hydrogen-bond acceptors (Lipinski definition) is 6. The number of fused-ring (bicyclic) bond motifs is 1. The average molecular weight is 302 g/mol. The van der Waals surface area contributed by atoms with E-state index in [4.69, 9.17) is 0 Å². The second-order valence-corrected chi connectivity index (χ2v) is 5.60. The molecular formula is C13H14N6OS. The van der Waals surface area contributed by atoms with Crippen molar-refractivity contribution >= 4 is 33.4 Å². The van der Waals surface area contributed by atoms with Crippen LogP contribution in [0.1, 0.15) is 18.4 Å². The van der Waals surface area contributed by atoms with Gasteiger partial charge in [-0.05, 0) is 18.6 Å². The number of para-hydroxylation sites is 1. The van der Waals surface area contributed by atoms with Gasteiger partial charge in [-0.25, -0.2) is 4.68 Å². The number of rotatable bonds is 5. The quantitative estimate of drug-likeness (QED) is 0.777. The third kappa shape index (κ3) is 3.05. The van der Waals surface area contributed by atoms with Gasteiger partial charge in [0.2, 0.25) is 11.0 Å². The van der Waals surface area contributed by atoms with Gasteiger partial charge in [0.05, 0.1) is 5.52 Å². The lowest BCUT2D eigenvalue weighted by Gasteiger charge is -2.01. The Kier molecular flexibility index (Phi) is 3.87. The number of aryl methyl sites for hydroxylation is 1. The van der Waals surface area contributed by atoms with Crippen molar-refractivity contribution in [1.82, 2.24) is 25.2 Å². The molecule has 0 saturated heterocycles. The first-order valence-corrected chi connectivity index (χ1v) is 7.48. The maximum absolute atomic E-state index is 12.0. The molecule has 2 heterocycles. The smallest absolute Gasteiger partial charge is 0.248 e. The standard InChI is InChI=1S/C13H14N6OS/c1-2-5-12-16-17-13(21-12)14-11(20)8-19-10-7-4-3-6-9(10)15-18-19/h3-4,6-7H,2,5,8H2,1H3,(H,14,17,20). The molecule has 1 amide bonds. The van der Waals surface area contributed by atoms with Crippen LogP contribution in [0.3, 0.4) is 0 Å². The lowest BCUT2D eigenvalue weighted by molar-refractivity contribution is -0.116. The average Bonchev–Trinajstić information content (AvgIpc) is 3.07. The first-order chi connectivity index (χ1) is 10.3. The predicted molar refractivity (Wildman–Crippen MR) is 80.1 cm³/mol. The first-order valence-electron chi connectivity index (χ1n) is 6.66. The Morgan fingerprint density at radius 3 is 3.00 bits per heavy atom. The van der Waals surface area contributed by atoms with Crippen LogP contribution < -0.4 is 5.32 Å². The van der Waals surface area contributed by atoms with Gasteiger partial charge in [0.15, 0.2) is 0 Å². The van der Waals surface area contributed by atoms with E-state index < -0.39 is 0 Å². The Balaban J connectivity index is 1.68. The first kappa shape index (κ1) is 13.6. The molecule has 3 rings (SSSR count). The summed E-state index contributed by atoms with van der Waals surface area (Å²) < 4.78 is 1.57. The van der Waals surface area contributed by atoms with Crippen molar-refractivity contribution < 1.29 is 4.79 Å². The number of benzene rings is 1. The molecule has 1 aromatic carbocycles. The Hall–Kier alpha value is -2.35. The third-order valence-corrected chi connectivity index (χ3v) is 3.79. The van der Waals surface area contributed by atoms with E-state index in [1.54, 1.807) is 4.68 Å². The van der Waals surface area contributed by atoms with Crippen LogP contribution in [0.15, 0.2) is 24.3 Å². The highest BCUT2D eigenvalue weighted by Gasteiger charge is 2.11. The summed E-state index contributed by atoms with van der Waals surface area (Å²) in [6.07, 6.45) is 1.88. The molecule has 7 nitrogen and oxygen atoms in total. The van der Waals surface area contributed by atoms with Crippen molar-refractivity contribution in [2.45, 2.75) is 26.3 Å². The summed E-state index contributed by atoms with van der Waals surface area (Å²) in [6, 6.07) is 7.52. The summed E-state index contributed by atoms with van der Waals surface area (Å²) >= 11 is 1.40. The molecule has 21 heavy (non-hydrogen) atoms. The summed E-state index contributed by atoms with van der Waals surface area (Å²) in [5.74, 6) is -0.190. The van der Waals surface area contributed by atoms with Crippen LogP contribution in [0.25, 0.3) is 11.0 Å². The molecular weight excluding hydrogens is 288 g/mol. The van der Waals surface area contributed by atoms with Crippen LogP contribution in [0.2, 0.25) is 0 Å². The van der Waals surface area contributed by atoms with Gasteiger partial charge < -0.3 is 0 Å². The van der Waals surface area contributed by atoms with E-state index in [2.05, 4.69) is 32.7 Å². The summed E-state index contributed by atoms with van der Waals surface area (Å²) in [7, 11) is 0. The maximum atomic E-state index is 12.0. The van der Waals surface area contributed by atoms with E-state index >= 15 is 0 Å². The third-order valence-electron chi connectivity index (χ3n) is 2.89. The van der Waals surface area contributed by atoms with E-state index in [0.717, 1.165) is 28.9 Å². The summed E-state index contributed by atoms with van der Waals surface area (Å²) in [5, 5.41) is 20.2. The monoisotopic (exact) mass is 302 g/mol. The number of carbonyl (C=O) groups excluding carboxylic acids is 1. The fourth-order valence-electron chi connectivity index (χ4n) is 1.95. The zero-order valence-electron chi connectivity index (χ0n) is 11.5. The van der Waals surface area contributed by atoms with Gasteiger partial charge in [-0.1, -0.05) is 35.6 Å². The van der Waals surface area contributed by atoms with E-state index in [9.17, 15) is 4.79 Å². The van der Waals surface area contributed by atoms with Crippen LogP contribution in [0.4, 0.5) is 5.13 Å². The van der Waals surface area contributed by atoms with Crippen molar-refractivity contribution in [3.8, 4) is 0 Å². The molecule has 0 aliphatic heterocycles. The van der Waals surface area contributed by atoms with Crippen LogP contribution in [-0.4, -0.2) is 31.1 Å². The second kappa shape index (κ2) is 5.96. The molecule has 0 unspecified atom stereocenters. The zero-order chi connectivity index (χ0) is 14.7. The fourth-order valence-corrected chi connectivity index (χ4v) is 2.81. The van der Waals surface area contributed by atoms with Gasteiger partial charge in [0.25, 0.3) is 0 Å². The zero-order valence-corrected chi connectivity index (χ0v) is 12.3. The van der Waals surface area contributed by atoms with Crippen molar-refractivity contribution in [2.24, 2.45) is 0 Å². The molecule has 0 aliphatic carbocycles. The normalized spacial score (nSPS) is 10.9. The molecule has 2 aromatic heterocycles. The number of aromatic nitrogens is 5. The van der Waals surface area contributed by atoms with Crippen LogP contribution in [0.5, 0.6) is 0 Å². The van der Waals surface area contributed by atoms with Crippen molar-refractivity contribution in [3.05, 3.63) is 29.3 Å². The van der Waals surface area contributed by atoms with Gasteiger partial charge >= 0.3 is 0 Å². The molecule has 0 fully saturated rings. The molecule has 108 valence electrons. The van der Waals surface area contributed by atoms with Crippen molar-refractivity contribution in [3.63, 3.8) is 0 Å². The van der Waals surface area contributed by atoms with Gasteiger partial charge in [-0.15, -0.1) is 15.3 Å². The molecule has 0 aliphatic rings. The van der Waals surface area contributed by atoms with Crippen LogP contribution in [-0.2, 0) is 17.8 Å². The lowest BCUT2D eigenvalue weighted by Crippen LogP contribution is -2.19. The number of hydrogen-bond donors (Lipinski definition) is 1. The molecule has 0 radical (unpaired) electrons. The van der Waals surface area contributed by atoms with Crippen molar-refractivity contribution in [1.29, 1.82) is 0 Å². The number of anilines is 1. The Bertz CT molecular complexity index is 765. The van der Waals surface area contributed by atoms with Crippen LogP contribution in [0, 0.1) is 0 Å². The highest BCUT2D eigenvalue weighted by atomic mass is 32.1. The van der Waals surface area contributed by atoms with Crippen molar-refractivity contribution in [2.75, 3.05) is 5.32 Å².